The Kier molecular flexibility index (Phi) is 4.26. The van der Waals surface area contributed by atoms with Gasteiger partial charge in [-0.25, -0.2) is 0 Å². The second kappa shape index (κ2) is 5.92. The van der Waals surface area contributed by atoms with E-state index in [4.69, 9.17) is 4.74 Å². The van der Waals surface area contributed by atoms with Gasteiger partial charge in [-0.3, -0.25) is 0 Å². The van der Waals surface area contributed by atoms with Crippen molar-refractivity contribution in [3.8, 4) is 0 Å². The SMILES string of the molecule is CN(C)c1ccc(NCC2CCCCO2)cc1. The Labute approximate surface area is 104 Å². The second-order valence-electron chi connectivity index (χ2n) is 4.81. The third-order valence-corrected chi connectivity index (χ3v) is 3.19. The van der Waals surface area contributed by atoms with Crippen LogP contribution < -0.4 is 10.2 Å². The Hall–Kier alpha value is -1.22. The molecule has 1 aromatic carbocycles. The predicted molar refractivity (Wildman–Crippen MR) is 72.8 cm³/mol. The minimum atomic E-state index is 0.386. The van der Waals surface area contributed by atoms with E-state index >= 15 is 0 Å². The van der Waals surface area contributed by atoms with Crippen molar-refractivity contribution in [3.05, 3.63) is 24.3 Å². The molecular weight excluding hydrogens is 212 g/mol. The first-order chi connectivity index (χ1) is 8.25. The van der Waals surface area contributed by atoms with E-state index in [9.17, 15) is 0 Å². The summed E-state index contributed by atoms with van der Waals surface area (Å²) in [6.07, 6.45) is 4.08. The number of hydrogen-bond donors (Lipinski definition) is 1. The lowest BCUT2D eigenvalue weighted by molar-refractivity contribution is 0.0247. The summed E-state index contributed by atoms with van der Waals surface area (Å²) in [6.45, 7) is 1.84. The van der Waals surface area contributed by atoms with Gasteiger partial charge in [-0.05, 0) is 43.5 Å². The molecule has 2 rings (SSSR count). The van der Waals surface area contributed by atoms with Crippen LogP contribution in [0.3, 0.4) is 0 Å². The first-order valence-corrected chi connectivity index (χ1v) is 6.38. The van der Waals surface area contributed by atoms with Crippen molar-refractivity contribution < 1.29 is 4.74 Å². The summed E-state index contributed by atoms with van der Waals surface area (Å²) >= 11 is 0. The summed E-state index contributed by atoms with van der Waals surface area (Å²) in [4.78, 5) is 2.11. The van der Waals surface area contributed by atoms with Crippen LogP contribution in [-0.2, 0) is 4.74 Å². The highest BCUT2D eigenvalue weighted by molar-refractivity contribution is 5.54. The predicted octanol–water partition coefficient (Wildman–Crippen LogP) is 2.73. The summed E-state index contributed by atoms with van der Waals surface area (Å²) in [5.74, 6) is 0. The van der Waals surface area contributed by atoms with Crippen LogP contribution in [0.25, 0.3) is 0 Å². The van der Waals surface area contributed by atoms with Crippen molar-refractivity contribution in [1.82, 2.24) is 0 Å². The second-order valence-corrected chi connectivity index (χ2v) is 4.81. The standard InChI is InChI=1S/C14H22N2O/c1-16(2)13-8-6-12(7-9-13)15-11-14-5-3-4-10-17-14/h6-9,14-15H,3-5,10-11H2,1-2H3. The Morgan fingerprint density at radius 2 is 2.00 bits per heavy atom. The third-order valence-electron chi connectivity index (χ3n) is 3.19. The topological polar surface area (TPSA) is 24.5 Å². The molecule has 17 heavy (non-hydrogen) atoms. The molecule has 0 radical (unpaired) electrons. The van der Waals surface area contributed by atoms with Crippen molar-refractivity contribution in [2.24, 2.45) is 0 Å². The van der Waals surface area contributed by atoms with Crippen LogP contribution in [0.5, 0.6) is 0 Å². The summed E-state index contributed by atoms with van der Waals surface area (Å²) in [7, 11) is 4.11. The Bertz CT molecular complexity index is 329. The van der Waals surface area contributed by atoms with Gasteiger partial charge in [0, 0.05) is 38.6 Å². The third kappa shape index (κ3) is 3.63. The minimum Gasteiger partial charge on any atom is -0.382 e. The number of anilines is 2. The van der Waals surface area contributed by atoms with Crippen molar-refractivity contribution in [2.45, 2.75) is 25.4 Å². The molecule has 3 heteroatoms. The number of nitrogens with one attached hydrogen (secondary N) is 1. The summed E-state index contributed by atoms with van der Waals surface area (Å²) in [6, 6.07) is 8.50. The maximum atomic E-state index is 5.69. The first kappa shape index (κ1) is 12.2. The normalized spacial score (nSPS) is 20.0. The molecule has 0 aromatic heterocycles. The monoisotopic (exact) mass is 234 g/mol. The van der Waals surface area contributed by atoms with Gasteiger partial charge in [0.2, 0.25) is 0 Å². The molecule has 94 valence electrons. The van der Waals surface area contributed by atoms with E-state index in [0.29, 0.717) is 6.10 Å². The molecule has 1 atom stereocenters. The average Bonchev–Trinajstić information content (AvgIpc) is 2.38. The van der Waals surface area contributed by atoms with Crippen LogP contribution in [0.1, 0.15) is 19.3 Å². The van der Waals surface area contributed by atoms with Gasteiger partial charge in [-0.1, -0.05) is 0 Å². The van der Waals surface area contributed by atoms with Crippen LogP contribution in [0.2, 0.25) is 0 Å². The molecule has 1 heterocycles. The van der Waals surface area contributed by atoms with E-state index in [1.165, 1.54) is 30.6 Å². The van der Waals surface area contributed by atoms with Gasteiger partial charge in [0.05, 0.1) is 6.10 Å². The number of nitrogens with zero attached hydrogens (tertiary/aromatic N) is 1. The molecule has 0 spiro atoms. The zero-order valence-electron chi connectivity index (χ0n) is 10.8. The van der Waals surface area contributed by atoms with Crippen LogP contribution in [0.4, 0.5) is 11.4 Å². The largest absolute Gasteiger partial charge is 0.382 e. The fraction of sp³-hybridized carbons (Fsp3) is 0.571. The Morgan fingerprint density at radius 3 is 2.59 bits per heavy atom. The van der Waals surface area contributed by atoms with E-state index < -0.39 is 0 Å². The van der Waals surface area contributed by atoms with Crippen LogP contribution in [-0.4, -0.2) is 33.4 Å². The van der Waals surface area contributed by atoms with Crippen LogP contribution in [0, 0.1) is 0 Å². The molecular formula is C14H22N2O. The number of rotatable bonds is 4. The molecule has 0 aliphatic carbocycles. The molecule has 1 saturated heterocycles. The lowest BCUT2D eigenvalue weighted by atomic mass is 10.1. The molecule has 1 aromatic rings. The van der Waals surface area contributed by atoms with Gasteiger partial charge in [0.15, 0.2) is 0 Å². The van der Waals surface area contributed by atoms with E-state index in [1.807, 2.05) is 0 Å². The molecule has 1 aliphatic rings. The van der Waals surface area contributed by atoms with Gasteiger partial charge >= 0.3 is 0 Å². The Morgan fingerprint density at radius 1 is 1.24 bits per heavy atom. The molecule has 1 fully saturated rings. The summed E-state index contributed by atoms with van der Waals surface area (Å²) in [5.41, 5.74) is 2.40. The van der Waals surface area contributed by atoms with Gasteiger partial charge in [-0.15, -0.1) is 0 Å². The van der Waals surface area contributed by atoms with E-state index in [1.54, 1.807) is 0 Å². The highest BCUT2D eigenvalue weighted by Gasteiger charge is 2.12. The maximum absolute atomic E-state index is 5.69. The molecule has 1 N–H and O–H groups in total. The highest BCUT2D eigenvalue weighted by Crippen LogP contribution is 2.17. The van der Waals surface area contributed by atoms with Gasteiger partial charge in [0.1, 0.15) is 0 Å². The highest BCUT2D eigenvalue weighted by atomic mass is 16.5. The smallest absolute Gasteiger partial charge is 0.0747 e. The van der Waals surface area contributed by atoms with Gasteiger partial charge in [-0.2, -0.15) is 0 Å². The zero-order valence-corrected chi connectivity index (χ0v) is 10.8. The first-order valence-electron chi connectivity index (χ1n) is 6.38. The summed E-state index contributed by atoms with van der Waals surface area (Å²) in [5, 5.41) is 3.44. The van der Waals surface area contributed by atoms with Crippen molar-refractivity contribution in [3.63, 3.8) is 0 Å². The molecule has 1 aliphatic heterocycles. The average molecular weight is 234 g/mol. The molecule has 0 amide bonds. The fourth-order valence-electron chi connectivity index (χ4n) is 2.08. The number of benzene rings is 1. The lowest BCUT2D eigenvalue weighted by Crippen LogP contribution is -2.26. The Balaban J connectivity index is 1.82. The molecule has 0 saturated carbocycles. The quantitative estimate of drug-likeness (QED) is 0.867. The van der Waals surface area contributed by atoms with Crippen molar-refractivity contribution >= 4 is 11.4 Å². The molecule has 1 unspecified atom stereocenters. The van der Waals surface area contributed by atoms with E-state index in [-0.39, 0.29) is 0 Å². The zero-order chi connectivity index (χ0) is 12.1. The van der Waals surface area contributed by atoms with Crippen LogP contribution >= 0.6 is 0 Å². The number of ether oxygens (including phenoxy) is 1. The fourth-order valence-corrected chi connectivity index (χ4v) is 2.08. The maximum Gasteiger partial charge on any atom is 0.0747 e. The van der Waals surface area contributed by atoms with E-state index in [2.05, 4.69) is 48.6 Å². The van der Waals surface area contributed by atoms with Gasteiger partial charge < -0.3 is 15.0 Å². The number of hydrogen-bond acceptors (Lipinski definition) is 3. The van der Waals surface area contributed by atoms with Gasteiger partial charge in [0.25, 0.3) is 0 Å². The van der Waals surface area contributed by atoms with E-state index in [0.717, 1.165) is 13.2 Å². The summed E-state index contributed by atoms with van der Waals surface area (Å²) < 4.78 is 5.69. The van der Waals surface area contributed by atoms with Crippen molar-refractivity contribution in [2.75, 3.05) is 37.5 Å². The van der Waals surface area contributed by atoms with Crippen LogP contribution in [0.15, 0.2) is 24.3 Å². The minimum absolute atomic E-state index is 0.386. The molecule has 3 nitrogen and oxygen atoms in total. The lowest BCUT2D eigenvalue weighted by Gasteiger charge is -2.23. The van der Waals surface area contributed by atoms with Crippen molar-refractivity contribution in [1.29, 1.82) is 0 Å². The molecule has 0 bridgehead atoms.